The van der Waals surface area contributed by atoms with E-state index in [1.54, 1.807) is 7.11 Å². The van der Waals surface area contributed by atoms with Crippen LogP contribution < -0.4 is 15.2 Å². The first-order chi connectivity index (χ1) is 12.2. The summed E-state index contributed by atoms with van der Waals surface area (Å²) in [5.74, 6) is 3.57. The molecule has 5 aliphatic rings. The third-order valence-corrected chi connectivity index (χ3v) is 7.87. The average Bonchev–Trinajstić information content (AvgIpc) is 3.36. The molecule has 2 bridgehead atoms. The third kappa shape index (κ3) is 1.80. The first-order valence-electron chi connectivity index (χ1n) is 10.1. The van der Waals surface area contributed by atoms with Gasteiger partial charge in [-0.2, -0.15) is 0 Å². The van der Waals surface area contributed by atoms with E-state index in [0.29, 0.717) is 12.0 Å². The van der Waals surface area contributed by atoms with Crippen LogP contribution in [0.3, 0.4) is 0 Å². The lowest BCUT2D eigenvalue weighted by Gasteiger charge is -2.59. The Morgan fingerprint density at radius 1 is 1.28 bits per heavy atom. The summed E-state index contributed by atoms with van der Waals surface area (Å²) in [6.07, 6.45) is 7.74. The Kier molecular flexibility index (Phi) is 2.92. The molecule has 1 aromatic rings. The van der Waals surface area contributed by atoms with E-state index in [4.69, 9.17) is 15.2 Å². The van der Waals surface area contributed by atoms with Gasteiger partial charge in [0.2, 0.25) is 0 Å². The van der Waals surface area contributed by atoms with Gasteiger partial charge in [-0.1, -0.05) is 6.07 Å². The lowest BCUT2D eigenvalue weighted by Crippen LogP contribution is -2.68. The number of hydrogen-bond donors (Lipinski definition) is 1. The molecule has 134 valence electrons. The summed E-state index contributed by atoms with van der Waals surface area (Å²) < 4.78 is 12.2. The van der Waals surface area contributed by atoms with Crippen molar-refractivity contribution in [2.75, 3.05) is 20.2 Å². The van der Waals surface area contributed by atoms with E-state index in [1.807, 2.05) is 0 Å². The number of likely N-dealkylation sites (tertiary alicyclic amines) is 1. The van der Waals surface area contributed by atoms with E-state index >= 15 is 0 Å². The number of nitrogens with two attached hydrogens (primary N) is 1. The number of ether oxygens (including phenoxy) is 2. The van der Waals surface area contributed by atoms with Gasteiger partial charge in [0.05, 0.1) is 7.11 Å². The average molecular weight is 340 g/mol. The summed E-state index contributed by atoms with van der Waals surface area (Å²) in [5, 5.41) is 0. The first-order valence-corrected chi connectivity index (χ1v) is 10.1. The van der Waals surface area contributed by atoms with Crippen LogP contribution in [0.1, 0.15) is 43.2 Å². The smallest absolute Gasteiger partial charge is 0.165 e. The zero-order valence-electron chi connectivity index (χ0n) is 15.0. The molecule has 0 radical (unpaired) electrons. The highest BCUT2D eigenvalue weighted by Gasteiger charge is 2.65. The highest BCUT2D eigenvalue weighted by atomic mass is 16.5. The summed E-state index contributed by atoms with van der Waals surface area (Å²) in [7, 11) is 1.75. The number of rotatable bonds is 3. The van der Waals surface area contributed by atoms with Crippen LogP contribution in [-0.2, 0) is 11.8 Å². The fourth-order valence-corrected chi connectivity index (χ4v) is 6.68. The summed E-state index contributed by atoms with van der Waals surface area (Å²) in [5.41, 5.74) is 9.71. The van der Waals surface area contributed by atoms with Crippen LogP contribution >= 0.6 is 0 Å². The third-order valence-electron chi connectivity index (χ3n) is 7.87. The van der Waals surface area contributed by atoms with E-state index in [1.165, 1.54) is 56.3 Å². The molecule has 0 amide bonds. The van der Waals surface area contributed by atoms with Gasteiger partial charge in [0.25, 0.3) is 0 Å². The molecule has 2 heterocycles. The first kappa shape index (κ1) is 14.9. The Hall–Kier alpha value is -1.26. The molecular weight excluding hydrogens is 312 g/mol. The van der Waals surface area contributed by atoms with Crippen molar-refractivity contribution in [3.63, 3.8) is 0 Å². The largest absolute Gasteiger partial charge is 0.493 e. The zero-order chi connectivity index (χ0) is 16.8. The van der Waals surface area contributed by atoms with Gasteiger partial charge in [0.15, 0.2) is 11.5 Å². The van der Waals surface area contributed by atoms with Crippen LogP contribution in [0.2, 0.25) is 0 Å². The van der Waals surface area contributed by atoms with Crippen molar-refractivity contribution in [2.24, 2.45) is 17.6 Å². The van der Waals surface area contributed by atoms with Gasteiger partial charge in [0.1, 0.15) is 6.10 Å². The van der Waals surface area contributed by atoms with E-state index in [0.717, 1.165) is 23.8 Å². The molecule has 4 nitrogen and oxygen atoms in total. The minimum atomic E-state index is 0.139. The number of methoxy groups -OCH3 is 1. The minimum Gasteiger partial charge on any atom is -0.493 e. The lowest BCUT2D eigenvalue weighted by molar-refractivity contribution is -0.0605. The van der Waals surface area contributed by atoms with Crippen molar-refractivity contribution in [3.05, 3.63) is 23.3 Å². The molecule has 6 rings (SSSR count). The van der Waals surface area contributed by atoms with Crippen molar-refractivity contribution in [1.29, 1.82) is 0 Å². The van der Waals surface area contributed by atoms with Crippen LogP contribution in [0, 0.1) is 11.8 Å². The van der Waals surface area contributed by atoms with Gasteiger partial charge in [-0.05, 0) is 68.5 Å². The Morgan fingerprint density at radius 2 is 2.16 bits per heavy atom. The zero-order valence-corrected chi connectivity index (χ0v) is 15.0. The Morgan fingerprint density at radius 3 is 2.96 bits per heavy atom. The quantitative estimate of drug-likeness (QED) is 0.918. The van der Waals surface area contributed by atoms with Gasteiger partial charge < -0.3 is 15.2 Å². The Labute approximate surface area is 149 Å². The number of benzene rings is 1. The molecule has 25 heavy (non-hydrogen) atoms. The van der Waals surface area contributed by atoms with Crippen LogP contribution in [0.4, 0.5) is 0 Å². The molecule has 0 aromatic heterocycles. The number of nitrogens with zero attached hydrogens (tertiary/aromatic N) is 1. The summed E-state index contributed by atoms with van der Waals surface area (Å²) >= 11 is 0. The fourth-order valence-electron chi connectivity index (χ4n) is 6.68. The predicted octanol–water partition coefficient (Wildman–Crippen LogP) is 2.47. The normalized spacial score (nSPS) is 41.2. The molecule has 2 saturated carbocycles. The molecule has 1 aromatic carbocycles. The van der Waals surface area contributed by atoms with Crippen molar-refractivity contribution in [2.45, 2.75) is 62.1 Å². The molecule has 3 fully saturated rings. The standard InChI is InChI=1S/C21H28N2O2/c1-24-17-7-4-13-10-16-14-5-6-15(22)20-21(14,18(13)19(17)25-20)8-9-23(16)11-12-2-3-12/h4,7,12,14-16,20H,2-3,5-6,8-11,22H2,1H3/t14-,15+,16+,20-,21-/m0/s1. The number of hydrogen-bond acceptors (Lipinski definition) is 4. The second-order valence-electron chi connectivity index (χ2n) is 9.02. The molecule has 4 heteroatoms. The molecule has 0 unspecified atom stereocenters. The second-order valence-corrected chi connectivity index (χ2v) is 9.02. The predicted molar refractivity (Wildman–Crippen MR) is 96.2 cm³/mol. The van der Waals surface area contributed by atoms with Gasteiger partial charge >= 0.3 is 0 Å². The van der Waals surface area contributed by atoms with Gasteiger partial charge in [-0.15, -0.1) is 0 Å². The van der Waals surface area contributed by atoms with Gasteiger partial charge in [0, 0.05) is 29.6 Å². The van der Waals surface area contributed by atoms with Crippen LogP contribution in [0.5, 0.6) is 11.5 Å². The molecule has 3 aliphatic carbocycles. The maximum Gasteiger partial charge on any atom is 0.165 e. The highest BCUT2D eigenvalue weighted by Crippen LogP contribution is 2.63. The van der Waals surface area contributed by atoms with Crippen LogP contribution in [0.15, 0.2) is 12.1 Å². The van der Waals surface area contributed by atoms with Gasteiger partial charge in [-0.3, -0.25) is 4.90 Å². The van der Waals surface area contributed by atoms with Crippen LogP contribution in [-0.4, -0.2) is 43.3 Å². The van der Waals surface area contributed by atoms with E-state index in [9.17, 15) is 0 Å². The minimum absolute atomic E-state index is 0.139. The highest BCUT2D eigenvalue weighted by molar-refractivity contribution is 5.61. The van der Waals surface area contributed by atoms with E-state index in [2.05, 4.69) is 17.0 Å². The lowest BCUT2D eigenvalue weighted by atomic mass is 9.51. The maximum atomic E-state index is 6.60. The fraction of sp³-hybridized carbons (Fsp3) is 0.714. The summed E-state index contributed by atoms with van der Waals surface area (Å²) in [4.78, 5) is 2.83. The van der Waals surface area contributed by atoms with Crippen molar-refractivity contribution in [1.82, 2.24) is 4.90 Å². The maximum absolute atomic E-state index is 6.60. The summed E-state index contributed by atoms with van der Waals surface area (Å²) in [6, 6.07) is 5.24. The van der Waals surface area contributed by atoms with Crippen molar-refractivity contribution >= 4 is 0 Å². The molecular formula is C21H28N2O2. The Balaban J connectivity index is 1.52. The summed E-state index contributed by atoms with van der Waals surface area (Å²) in [6.45, 7) is 2.52. The molecule has 2 aliphatic heterocycles. The monoisotopic (exact) mass is 340 g/mol. The van der Waals surface area contributed by atoms with Crippen LogP contribution in [0.25, 0.3) is 0 Å². The Bertz CT molecular complexity index is 731. The topological polar surface area (TPSA) is 47.7 Å². The number of piperidine rings is 1. The molecule has 1 spiro atoms. The SMILES string of the molecule is COc1ccc2c3c1O[C@H]1[C@H](N)CC[C@H]4[C@@H](C2)N(CC2CC2)CC[C@@]341. The van der Waals surface area contributed by atoms with E-state index < -0.39 is 0 Å². The van der Waals surface area contributed by atoms with Gasteiger partial charge in [-0.25, -0.2) is 0 Å². The molecule has 5 atom stereocenters. The molecule has 1 saturated heterocycles. The molecule has 2 N–H and O–H groups in total. The van der Waals surface area contributed by atoms with E-state index in [-0.39, 0.29) is 17.6 Å². The second kappa shape index (κ2) is 4.92. The van der Waals surface area contributed by atoms with Crippen molar-refractivity contribution in [3.8, 4) is 11.5 Å². The van der Waals surface area contributed by atoms with Crippen molar-refractivity contribution < 1.29 is 9.47 Å².